The topological polar surface area (TPSA) is 38.3 Å². The van der Waals surface area contributed by atoms with Gasteiger partial charge in [-0.05, 0) is 60.1 Å². The molecular formula is C13H16INO2. The Bertz CT molecular complexity index is 414. The van der Waals surface area contributed by atoms with Gasteiger partial charge >= 0.3 is 0 Å². The highest BCUT2D eigenvalue weighted by atomic mass is 127. The van der Waals surface area contributed by atoms with Crippen LogP contribution in [0.4, 0.5) is 0 Å². The molecule has 0 spiro atoms. The zero-order chi connectivity index (χ0) is 12.3. The van der Waals surface area contributed by atoms with Crippen LogP contribution >= 0.6 is 22.6 Å². The van der Waals surface area contributed by atoms with Crippen molar-refractivity contribution < 1.29 is 9.53 Å². The predicted octanol–water partition coefficient (Wildman–Crippen LogP) is 2.51. The third kappa shape index (κ3) is 3.19. The van der Waals surface area contributed by atoms with Gasteiger partial charge in [-0.3, -0.25) is 4.79 Å². The molecule has 92 valence electrons. The van der Waals surface area contributed by atoms with Crippen molar-refractivity contribution in [2.75, 3.05) is 13.2 Å². The summed E-state index contributed by atoms with van der Waals surface area (Å²) in [6.07, 6.45) is 2.34. The van der Waals surface area contributed by atoms with E-state index < -0.39 is 0 Å². The molecule has 1 aliphatic heterocycles. The van der Waals surface area contributed by atoms with Crippen LogP contribution in [0.25, 0.3) is 0 Å². The van der Waals surface area contributed by atoms with Crippen molar-refractivity contribution in [3.63, 3.8) is 0 Å². The summed E-state index contributed by atoms with van der Waals surface area (Å²) in [5, 5.41) is 2.94. The molecule has 1 aromatic carbocycles. The van der Waals surface area contributed by atoms with Crippen LogP contribution in [-0.4, -0.2) is 25.2 Å². The molecule has 1 saturated heterocycles. The SMILES string of the molecule is Cc1c(I)cccc1C(=O)NC[C@H]1CCCO1. The maximum absolute atomic E-state index is 12.0. The Kier molecular flexibility index (Phi) is 4.39. The van der Waals surface area contributed by atoms with Gasteiger partial charge < -0.3 is 10.1 Å². The van der Waals surface area contributed by atoms with E-state index in [0.29, 0.717) is 6.54 Å². The van der Waals surface area contributed by atoms with Crippen molar-refractivity contribution in [1.82, 2.24) is 5.32 Å². The van der Waals surface area contributed by atoms with Crippen molar-refractivity contribution in [3.05, 3.63) is 32.9 Å². The number of rotatable bonds is 3. The number of carbonyl (C=O) groups excluding carboxylic acids is 1. The highest BCUT2D eigenvalue weighted by molar-refractivity contribution is 14.1. The van der Waals surface area contributed by atoms with Crippen LogP contribution in [0.3, 0.4) is 0 Å². The van der Waals surface area contributed by atoms with Gasteiger partial charge in [0.05, 0.1) is 6.10 Å². The largest absolute Gasteiger partial charge is 0.376 e. The fourth-order valence-corrected chi connectivity index (χ4v) is 2.46. The van der Waals surface area contributed by atoms with E-state index >= 15 is 0 Å². The Morgan fingerprint density at radius 1 is 1.59 bits per heavy atom. The van der Waals surface area contributed by atoms with E-state index in [1.807, 2.05) is 25.1 Å². The van der Waals surface area contributed by atoms with E-state index in [1.54, 1.807) is 0 Å². The first kappa shape index (κ1) is 12.8. The molecule has 0 bridgehead atoms. The summed E-state index contributed by atoms with van der Waals surface area (Å²) >= 11 is 2.25. The normalized spacial score (nSPS) is 19.3. The van der Waals surface area contributed by atoms with Gasteiger partial charge in [-0.15, -0.1) is 0 Å². The first-order valence-corrected chi connectivity index (χ1v) is 6.91. The molecule has 1 atom stereocenters. The second-order valence-corrected chi connectivity index (χ2v) is 5.42. The third-order valence-electron chi connectivity index (χ3n) is 3.03. The van der Waals surface area contributed by atoms with E-state index in [-0.39, 0.29) is 12.0 Å². The molecule has 0 unspecified atom stereocenters. The average molecular weight is 345 g/mol. The highest BCUT2D eigenvalue weighted by Crippen LogP contribution is 2.16. The first-order chi connectivity index (χ1) is 8.18. The van der Waals surface area contributed by atoms with Crippen LogP contribution in [0.15, 0.2) is 18.2 Å². The number of amides is 1. The lowest BCUT2D eigenvalue weighted by atomic mass is 10.1. The number of hydrogen-bond donors (Lipinski definition) is 1. The van der Waals surface area contributed by atoms with Gasteiger partial charge in [-0.25, -0.2) is 0 Å². The van der Waals surface area contributed by atoms with E-state index in [0.717, 1.165) is 34.1 Å². The fourth-order valence-electron chi connectivity index (χ4n) is 1.96. The van der Waals surface area contributed by atoms with Crippen LogP contribution in [0, 0.1) is 10.5 Å². The lowest BCUT2D eigenvalue weighted by Crippen LogP contribution is -2.32. The molecule has 17 heavy (non-hydrogen) atoms. The van der Waals surface area contributed by atoms with E-state index in [2.05, 4.69) is 27.9 Å². The monoisotopic (exact) mass is 345 g/mol. The minimum absolute atomic E-state index is 0.00323. The minimum Gasteiger partial charge on any atom is -0.376 e. The summed E-state index contributed by atoms with van der Waals surface area (Å²) in [6, 6.07) is 5.78. The van der Waals surface area contributed by atoms with Gasteiger partial charge in [0.2, 0.25) is 0 Å². The molecule has 1 heterocycles. The molecule has 0 saturated carbocycles. The molecule has 1 amide bonds. The van der Waals surface area contributed by atoms with Gasteiger partial charge in [-0.2, -0.15) is 0 Å². The molecule has 0 aliphatic carbocycles. The van der Waals surface area contributed by atoms with Crippen LogP contribution in [0.2, 0.25) is 0 Å². The van der Waals surface area contributed by atoms with Crippen LogP contribution in [0.5, 0.6) is 0 Å². The molecule has 1 aliphatic rings. The Balaban J connectivity index is 1.97. The quantitative estimate of drug-likeness (QED) is 0.855. The Morgan fingerprint density at radius 3 is 3.12 bits per heavy atom. The number of hydrogen-bond acceptors (Lipinski definition) is 2. The minimum atomic E-state index is -0.00323. The second-order valence-electron chi connectivity index (χ2n) is 4.26. The first-order valence-electron chi connectivity index (χ1n) is 5.83. The van der Waals surface area contributed by atoms with Gasteiger partial charge in [0.15, 0.2) is 0 Å². The molecule has 4 heteroatoms. The standard InChI is InChI=1S/C13H16INO2/c1-9-11(5-2-6-12(9)14)13(16)15-8-10-4-3-7-17-10/h2,5-6,10H,3-4,7-8H2,1H3,(H,15,16)/t10-/m1/s1. The molecule has 1 fully saturated rings. The molecule has 2 rings (SSSR count). The Morgan fingerprint density at radius 2 is 2.41 bits per heavy atom. The molecule has 0 aromatic heterocycles. The number of benzene rings is 1. The third-order valence-corrected chi connectivity index (χ3v) is 4.20. The Labute approximate surface area is 115 Å². The van der Waals surface area contributed by atoms with Crippen molar-refractivity contribution in [2.24, 2.45) is 0 Å². The van der Waals surface area contributed by atoms with Gasteiger partial charge in [0.1, 0.15) is 0 Å². The molecule has 1 aromatic rings. The summed E-state index contributed by atoms with van der Waals surface area (Å²) in [5.74, 6) is -0.00323. The second kappa shape index (κ2) is 5.82. The van der Waals surface area contributed by atoms with Crippen molar-refractivity contribution in [3.8, 4) is 0 Å². The number of ether oxygens (including phenoxy) is 1. The van der Waals surface area contributed by atoms with Gasteiger partial charge in [-0.1, -0.05) is 6.07 Å². The lowest BCUT2D eigenvalue weighted by molar-refractivity contribution is 0.0857. The van der Waals surface area contributed by atoms with E-state index in [9.17, 15) is 4.79 Å². The molecule has 0 radical (unpaired) electrons. The summed E-state index contributed by atoms with van der Waals surface area (Å²) in [5.41, 5.74) is 1.80. The van der Waals surface area contributed by atoms with Crippen molar-refractivity contribution >= 4 is 28.5 Å². The Hall–Kier alpha value is -0.620. The van der Waals surface area contributed by atoms with Crippen LogP contribution in [-0.2, 0) is 4.74 Å². The number of nitrogens with one attached hydrogen (secondary N) is 1. The zero-order valence-electron chi connectivity index (χ0n) is 9.83. The maximum atomic E-state index is 12.0. The van der Waals surface area contributed by atoms with Crippen LogP contribution in [0.1, 0.15) is 28.8 Å². The summed E-state index contributed by atoms with van der Waals surface area (Å²) in [4.78, 5) is 12.0. The fraction of sp³-hybridized carbons (Fsp3) is 0.462. The highest BCUT2D eigenvalue weighted by Gasteiger charge is 2.17. The number of halogens is 1. The van der Waals surface area contributed by atoms with Crippen molar-refractivity contribution in [2.45, 2.75) is 25.9 Å². The predicted molar refractivity (Wildman–Crippen MR) is 75.2 cm³/mol. The lowest BCUT2D eigenvalue weighted by Gasteiger charge is -2.12. The van der Waals surface area contributed by atoms with Gasteiger partial charge in [0, 0.05) is 22.3 Å². The smallest absolute Gasteiger partial charge is 0.251 e. The van der Waals surface area contributed by atoms with Gasteiger partial charge in [0.25, 0.3) is 5.91 Å². The zero-order valence-corrected chi connectivity index (χ0v) is 12.0. The molecular weight excluding hydrogens is 329 g/mol. The maximum Gasteiger partial charge on any atom is 0.251 e. The summed E-state index contributed by atoms with van der Waals surface area (Å²) in [7, 11) is 0. The molecule has 3 nitrogen and oxygen atoms in total. The summed E-state index contributed by atoms with van der Waals surface area (Å²) in [6.45, 7) is 3.41. The molecule has 1 N–H and O–H groups in total. The van der Waals surface area contributed by atoms with Crippen LogP contribution < -0.4 is 5.32 Å². The number of carbonyl (C=O) groups is 1. The van der Waals surface area contributed by atoms with E-state index in [4.69, 9.17) is 4.74 Å². The van der Waals surface area contributed by atoms with Crippen molar-refractivity contribution in [1.29, 1.82) is 0 Å². The average Bonchev–Trinajstić information content (AvgIpc) is 2.82. The van der Waals surface area contributed by atoms with E-state index in [1.165, 1.54) is 0 Å². The summed E-state index contributed by atoms with van der Waals surface area (Å²) < 4.78 is 6.59.